The molecule has 0 aliphatic heterocycles. The SMILES string of the molecule is COc1ccc(C(=O)OCC(=O)N(C)C(C)C)cc1N. The van der Waals surface area contributed by atoms with Crippen LogP contribution in [0.1, 0.15) is 24.2 Å². The number of amides is 1. The number of anilines is 1. The molecule has 0 aliphatic rings. The highest BCUT2D eigenvalue weighted by atomic mass is 16.5. The smallest absolute Gasteiger partial charge is 0.338 e. The maximum absolute atomic E-state index is 11.8. The Morgan fingerprint density at radius 2 is 2.00 bits per heavy atom. The molecule has 6 nitrogen and oxygen atoms in total. The van der Waals surface area contributed by atoms with E-state index in [0.717, 1.165) is 0 Å². The minimum atomic E-state index is -0.593. The van der Waals surface area contributed by atoms with Gasteiger partial charge in [0.15, 0.2) is 6.61 Å². The van der Waals surface area contributed by atoms with E-state index in [-0.39, 0.29) is 24.1 Å². The van der Waals surface area contributed by atoms with E-state index < -0.39 is 5.97 Å². The summed E-state index contributed by atoms with van der Waals surface area (Å²) in [5.74, 6) is -0.364. The van der Waals surface area contributed by atoms with E-state index >= 15 is 0 Å². The van der Waals surface area contributed by atoms with Crippen molar-refractivity contribution in [3.05, 3.63) is 23.8 Å². The lowest BCUT2D eigenvalue weighted by molar-refractivity contribution is -0.134. The van der Waals surface area contributed by atoms with Gasteiger partial charge in [0.2, 0.25) is 0 Å². The number of ether oxygens (including phenoxy) is 2. The van der Waals surface area contributed by atoms with E-state index in [4.69, 9.17) is 15.2 Å². The minimum absolute atomic E-state index is 0.0535. The van der Waals surface area contributed by atoms with E-state index in [0.29, 0.717) is 11.4 Å². The quantitative estimate of drug-likeness (QED) is 0.649. The van der Waals surface area contributed by atoms with Crippen molar-refractivity contribution in [1.29, 1.82) is 0 Å². The van der Waals surface area contributed by atoms with Crippen molar-refractivity contribution in [2.45, 2.75) is 19.9 Å². The van der Waals surface area contributed by atoms with Gasteiger partial charge in [0.1, 0.15) is 5.75 Å². The van der Waals surface area contributed by atoms with Crippen molar-refractivity contribution < 1.29 is 19.1 Å². The molecular formula is C14H20N2O4. The molecule has 20 heavy (non-hydrogen) atoms. The highest BCUT2D eigenvalue weighted by Gasteiger charge is 2.16. The molecule has 0 aromatic heterocycles. The number of benzene rings is 1. The van der Waals surface area contributed by atoms with Gasteiger partial charge in [-0.05, 0) is 32.0 Å². The van der Waals surface area contributed by atoms with Crippen LogP contribution in [0.2, 0.25) is 0 Å². The second-order valence-electron chi connectivity index (χ2n) is 4.63. The highest BCUT2D eigenvalue weighted by molar-refractivity contribution is 5.92. The van der Waals surface area contributed by atoms with Crippen LogP contribution in [0.4, 0.5) is 5.69 Å². The fraction of sp³-hybridized carbons (Fsp3) is 0.429. The summed E-state index contributed by atoms with van der Waals surface area (Å²) in [7, 11) is 3.15. The molecule has 0 bridgehead atoms. The summed E-state index contributed by atoms with van der Waals surface area (Å²) >= 11 is 0. The number of nitrogens with two attached hydrogens (primary N) is 1. The molecule has 1 aromatic rings. The molecule has 1 aromatic carbocycles. The van der Waals surface area contributed by atoms with Gasteiger partial charge in [-0.2, -0.15) is 0 Å². The van der Waals surface area contributed by atoms with Crippen LogP contribution in [0.5, 0.6) is 5.75 Å². The fourth-order valence-electron chi connectivity index (χ4n) is 1.46. The zero-order chi connectivity index (χ0) is 15.3. The Morgan fingerprint density at radius 1 is 1.35 bits per heavy atom. The topological polar surface area (TPSA) is 81.9 Å². The maximum atomic E-state index is 11.8. The fourth-order valence-corrected chi connectivity index (χ4v) is 1.46. The summed E-state index contributed by atoms with van der Waals surface area (Å²) < 4.78 is 9.96. The minimum Gasteiger partial charge on any atom is -0.495 e. The number of likely N-dealkylation sites (N-methyl/N-ethyl adjacent to an activating group) is 1. The zero-order valence-electron chi connectivity index (χ0n) is 12.2. The first kappa shape index (κ1) is 15.8. The monoisotopic (exact) mass is 280 g/mol. The molecule has 0 aliphatic carbocycles. The first-order valence-electron chi connectivity index (χ1n) is 6.23. The van der Waals surface area contributed by atoms with Gasteiger partial charge in [0.25, 0.3) is 5.91 Å². The summed E-state index contributed by atoms with van der Waals surface area (Å²) in [4.78, 5) is 25.0. The second kappa shape index (κ2) is 6.79. The van der Waals surface area contributed by atoms with Crippen molar-refractivity contribution in [2.75, 3.05) is 26.5 Å². The number of carbonyl (C=O) groups excluding carboxylic acids is 2. The second-order valence-corrected chi connectivity index (χ2v) is 4.63. The highest BCUT2D eigenvalue weighted by Crippen LogP contribution is 2.22. The van der Waals surface area contributed by atoms with Crippen molar-refractivity contribution in [3.8, 4) is 5.75 Å². The lowest BCUT2D eigenvalue weighted by Gasteiger charge is -2.21. The summed E-state index contributed by atoms with van der Waals surface area (Å²) in [5.41, 5.74) is 6.33. The molecule has 1 rings (SSSR count). The Kier molecular flexibility index (Phi) is 5.37. The third-order valence-electron chi connectivity index (χ3n) is 2.96. The lowest BCUT2D eigenvalue weighted by Crippen LogP contribution is -2.36. The molecule has 0 atom stereocenters. The molecule has 0 unspecified atom stereocenters. The number of nitrogens with zero attached hydrogens (tertiary/aromatic N) is 1. The maximum Gasteiger partial charge on any atom is 0.338 e. The van der Waals surface area contributed by atoms with Gasteiger partial charge in [-0.15, -0.1) is 0 Å². The Bertz CT molecular complexity index is 500. The molecule has 0 fully saturated rings. The van der Waals surface area contributed by atoms with Crippen LogP contribution < -0.4 is 10.5 Å². The standard InChI is InChI=1S/C14H20N2O4/c1-9(2)16(3)13(17)8-20-14(18)10-5-6-12(19-4)11(15)7-10/h5-7,9H,8,15H2,1-4H3. The first-order chi connectivity index (χ1) is 9.36. The summed E-state index contributed by atoms with van der Waals surface area (Å²) in [5, 5.41) is 0. The average Bonchev–Trinajstić information content (AvgIpc) is 2.43. The zero-order valence-corrected chi connectivity index (χ0v) is 12.2. The van der Waals surface area contributed by atoms with Crippen LogP contribution in [-0.2, 0) is 9.53 Å². The number of carbonyl (C=O) groups is 2. The number of hydrogen-bond donors (Lipinski definition) is 1. The van der Waals surface area contributed by atoms with Gasteiger partial charge in [-0.1, -0.05) is 0 Å². The van der Waals surface area contributed by atoms with Crippen LogP contribution in [-0.4, -0.2) is 43.6 Å². The summed E-state index contributed by atoms with van der Waals surface area (Å²) in [6.45, 7) is 3.47. The van der Waals surface area contributed by atoms with E-state index in [1.807, 2.05) is 13.8 Å². The van der Waals surface area contributed by atoms with Crippen LogP contribution in [0.3, 0.4) is 0 Å². The molecule has 0 saturated heterocycles. The lowest BCUT2D eigenvalue weighted by atomic mass is 10.2. The normalized spacial score (nSPS) is 10.2. The molecule has 6 heteroatoms. The van der Waals surface area contributed by atoms with Crippen LogP contribution in [0.15, 0.2) is 18.2 Å². The van der Waals surface area contributed by atoms with Crippen LogP contribution in [0.25, 0.3) is 0 Å². The number of rotatable bonds is 5. The predicted molar refractivity (Wildman–Crippen MR) is 75.6 cm³/mol. The van der Waals surface area contributed by atoms with Crippen LogP contribution in [0, 0.1) is 0 Å². The van der Waals surface area contributed by atoms with E-state index in [9.17, 15) is 9.59 Å². The van der Waals surface area contributed by atoms with Crippen LogP contribution >= 0.6 is 0 Å². The third kappa shape index (κ3) is 3.88. The van der Waals surface area contributed by atoms with Gasteiger partial charge in [-0.25, -0.2) is 4.79 Å². The van der Waals surface area contributed by atoms with Crippen molar-refractivity contribution in [1.82, 2.24) is 4.90 Å². The molecule has 0 saturated carbocycles. The van der Waals surface area contributed by atoms with E-state index in [1.54, 1.807) is 13.1 Å². The molecule has 0 heterocycles. The molecule has 2 N–H and O–H groups in total. The van der Waals surface area contributed by atoms with Gasteiger partial charge < -0.3 is 20.1 Å². The van der Waals surface area contributed by atoms with E-state index in [2.05, 4.69) is 0 Å². The van der Waals surface area contributed by atoms with Gasteiger partial charge in [-0.3, -0.25) is 4.79 Å². The van der Waals surface area contributed by atoms with Crippen molar-refractivity contribution in [2.24, 2.45) is 0 Å². The average molecular weight is 280 g/mol. The molecule has 0 spiro atoms. The van der Waals surface area contributed by atoms with E-state index in [1.165, 1.54) is 24.1 Å². The molecule has 110 valence electrons. The number of hydrogen-bond acceptors (Lipinski definition) is 5. The van der Waals surface area contributed by atoms with Gasteiger partial charge >= 0.3 is 5.97 Å². The predicted octanol–water partition coefficient (Wildman–Crippen LogP) is 1.30. The first-order valence-corrected chi connectivity index (χ1v) is 6.23. The Balaban J connectivity index is 2.64. The summed E-state index contributed by atoms with van der Waals surface area (Å²) in [6, 6.07) is 4.62. The Hall–Kier alpha value is -2.24. The summed E-state index contributed by atoms with van der Waals surface area (Å²) in [6.07, 6.45) is 0. The van der Waals surface area contributed by atoms with Gasteiger partial charge in [0.05, 0.1) is 18.4 Å². The largest absolute Gasteiger partial charge is 0.495 e. The third-order valence-corrected chi connectivity index (χ3v) is 2.96. The molecule has 1 amide bonds. The number of nitrogen functional groups attached to an aromatic ring is 1. The Morgan fingerprint density at radius 3 is 2.50 bits per heavy atom. The Labute approximate surface area is 118 Å². The molecular weight excluding hydrogens is 260 g/mol. The van der Waals surface area contributed by atoms with Crippen molar-refractivity contribution >= 4 is 17.6 Å². The van der Waals surface area contributed by atoms with Crippen molar-refractivity contribution in [3.63, 3.8) is 0 Å². The van der Waals surface area contributed by atoms with Gasteiger partial charge in [0, 0.05) is 13.1 Å². The molecule has 0 radical (unpaired) electrons. The number of esters is 1. The number of methoxy groups -OCH3 is 1.